The topological polar surface area (TPSA) is 72.8 Å². The zero-order valence-corrected chi connectivity index (χ0v) is 8.65. The van der Waals surface area contributed by atoms with Gasteiger partial charge in [0.1, 0.15) is 12.2 Å². The molecule has 0 saturated carbocycles. The standard InChI is InChI=1S/C9H16O5/c1-6(13-7(2)11)9(4-5-10)14-8(3)12/h6,9-10H,4-5H2,1-3H3. The molecule has 0 spiro atoms. The van der Waals surface area contributed by atoms with Crippen molar-refractivity contribution in [3.8, 4) is 0 Å². The largest absolute Gasteiger partial charge is 0.459 e. The van der Waals surface area contributed by atoms with Gasteiger partial charge in [-0.1, -0.05) is 0 Å². The van der Waals surface area contributed by atoms with Gasteiger partial charge in [0.05, 0.1) is 0 Å². The first kappa shape index (κ1) is 12.9. The normalized spacial score (nSPS) is 14.3. The van der Waals surface area contributed by atoms with Gasteiger partial charge in [0.2, 0.25) is 0 Å². The Labute approximate surface area is 83.0 Å². The Morgan fingerprint density at radius 1 is 1.21 bits per heavy atom. The van der Waals surface area contributed by atoms with Crippen LogP contribution < -0.4 is 0 Å². The van der Waals surface area contributed by atoms with E-state index in [9.17, 15) is 9.59 Å². The van der Waals surface area contributed by atoms with E-state index in [-0.39, 0.29) is 13.0 Å². The lowest BCUT2D eigenvalue weighted by atomic mass is 10.1. The van der Waals surface area contributed by atoms with Gasteiger partial charge in [-0.25, -0.2) is 0 Å². The number of carbonyl (C=O) groups is 2. The third kappa shape index (κ3) is 5.53. The molecule has 1 N–H and O–H groups in total. The Hall–Kier alpha value is -1.10. The van der Waals surface area contributed by atoms with E-state index in [1.807, 2.05) is 0 Å². The summed E-state index contributed by atoms with van der Waals surface area (Å²) < 4.78 is 9.72. The lowest BCUT2D eigenvalue weighted by molar-refractivity contribution is -0.164. The van der Waals surface area contributed by atoms with Gasteiger partial charge in [-0.2, -0.15) is 0 Å². The Morgan fingerprint density at radius 2 is 1.71 bits per heavy atom. The number of ether oxygens (including phenoxy) is 2. The third-order valence-corrected chi connectivity index (χ3v) is 1.61. The summed E-state index contributed by atoms with van der Waals surface area (Å²) in [5, 5.41) is 8.70. The maximum absolute atomic E-state index is 10.7. The molecule has 0 heterocycles. The summed E-state index contributed by atoms with van der Waals surface area (Å²) in [6, 6.07) is 0. The number of esters is 2. The Bertz CT molecular complexity index is 201. The van der Waals surface area contributed by atoms with E-state index >= 15 is 0 Å². The van der Waals surface area contributed by atoms with Gasteiger partial charge in [-0.3, -0.25) is 9.59 Å². The zero-order chi connectivity index (χ0) is 11.1. The molecule has 2 unspecified atom stereocenters. The predicted octanol–water partition coefficient (Wildman–Crippen LogP) is 0.252. The minimum absolute atomic E-state index is 0.121. The van der Waals surface area contributed by atoms with Crippen LogP contribution in [0, 0.1) is 0 Å². The van der Waals surface area contributed by atoms with Crippen LogP contribution in [0.2, 0.25) is 0 Å². The second kappa shape index (κ2) is 6.37. The fraction of sp³-hybridized carbons (Fsp3) is 0.778. The maximum atomic E-state index is 10.7. The fourth-order valence-electron chi connectivity index (χ4n) is 1.07. The van der Waals surface area contributed by atoms with Crippen molar-refractivity contribution >= 4 is 11.9 Å². The van der Waals surface area contributed by atoms with E-state index in [1.165, 1.54) is 13.8 Å². The number of hydrogen-bond donors (Lipinski definition) is 1. The van der Waals surface area contributed by atoms with Gasteiger partial charge in [0, 0.05) is 26.9 Å². The lowest BCUT2D eigenvalue weighted by Crippen LogP contribution is -2.32. The van der Waals surface area contributed by atoms with Crippen LogP contribution in [0.3, 0.4) is 0 Å². The van der Waals surface area contributed by atoms with Crippen molar-refractivity contribution in [3.05, 3.63) is 0 Å². The lowest BCUT2D eigenvalue weighted by Gasteiger charge is -2.22. The molecule has 0 aliphatic rings. The highest BCUT2D eigenvalue weighted by Gasteiger charge is 2.22. The molecular formula is C9H16O5. The molecule has 0 fully saturated rings. The van der Waals surface area contributed by atoms with E-state index in [2.05, 4.69) is 0 Å². The molecule has 0 bridgehead atoms. The van der Waals surface area contributed by atoms with Gasteiger partial charge in [-0.05, 0) is 6.92 Å². The van der Waals surface area contributed by atoms with Gasteiger partial charge in [0.15, 0.2) is 0 Å². The van der Waals surface area contributed by atoms with Crippen molar-refractivity contribution in [3.63, 3.8) is 0 Å². The molecule has 0 saturated heterocycles. The van der Waals surface area contributed by atoms with Crippen molar-refractivity contribution in [2.75, 3.05) is 6.61 Å². The Balaban J connectivity index is 4.16. The fourth-order valence-corrected chi connectivity index (χ4v) is 1.07. The van der Waals surface area contributed by atoms with Gasteiger partial charge in [-0.15, -0.1) is 0 Å². The molecule has 0 aromatic heterocycles. The first-order chi connectivity index (χ1) is 6.47. The molecule has 0 aliphatic heterocycles. The van der Waals surface area contributed by atoms with Crippen LogP contribution >= 0.6 is 0 Å². The average molecular weight is 204 g/mol. The molecule has 5 nitrogen and oxygen atoms in total. The molecule has 82 valence electrons. The van der Waals surface area contributed by atoms with E-state index in [1.54, 1.807) is 6.92 Å². The van der Waals surface area contributed by atoms with Crippen molar-refractivity contribution in [1.29, 1.82) is 0 Å². The number of hydrogen-bond acceptors (Lipinski definition) is 5. The van der Waals surface area contributed by atoms with Crippen LogP contribution in [0.1, 0.15) is 27.2 Å². The summed E-state index contributed by atoms with van der Waals surface area (Å²) in [5.41, 5.74) is 0. The molecule has 0 aliphatic carbocycles. The predicted molar refractivity (Wildman–Crippen MR) is 48.5 cm³/mol. The van der Waals surface area contributed by atoms with Crippen molar-refractivity contribution in [1.82, 2.24) is 0 Å². The second-order valence-corrected chi connectivity index (χ2v) is 2.97. The average Bonchev–Trinajstić information content (AvgIpc) is 2.01. The minimum atomic E-state index is -0.582. The smallest absolute Gasteiger partial charge is 0.303 e. The van der Waals surface area contributed by atoms with E-state index in [0.29, 0.717) is 0 Å². The summed E-state index contributed by atoms with van der Waals surface area (Å²) >= 11 is 0. The van der Waals surface area contributed by atoms with Crippen molar-refractivity contribution < 1.29 is 24.2 Å². The number of rotatable bonds is 5. The molecule has 0 amide bonds. The minimum Gasteiger partial charge on any atom is -0.459 e. The molecule has 5 heteroatoms. The van der Waals surface area contributed by atoms with Crippen LogP contribution in [-0.2, 0) is 19.1 Å². The first-order valence-corrected chi connectivity index (χ1v) is 4.42. The quantitative estimate of drug-likeness (QED) is 0.650. The molecule has 0 rings (SSSR count). The second-order valence-electron chi connectivity index (χ2n) is 2.97. The first-order valence-electron chi connectivity index (χ1n) is 4.42. The van der Waals surface area contributed by atoms with E-state index in [0.717, 1.165) is 0 Å². The molecule has 14 heavy (non-hydrogen) atoms. The van der Waals surface area contributed by atoms with Crippen molar-refractivity contribution in [2.24, 2.45) is 0 Å². The number of aliphatic hydroxyl groups excluding tert-OH is 1. The van der Waals surface area contributed by atoms with Gasteiger partial charge in [0.25, 0.3) is 0 Å². The highest BCUT2D eigenvalue weighted by atomic mass is 16.6. The highest BCUT2D eigenvalue weighted by molar-refractivity contribution is 5.67. The van der Waals surface area contributed by atoms with E-state index < -0.39 is 24.1 Å². The molecular weight excluding hydrogens is 188 g/mol. The highest BCUT2D eigenvalue weighted by Crippen LogP contribution is 2.08. The summed E-state index contributed by atoms with van der Waals surface area (Å²) in [5.74, 6) is -0.893. The van der Waals surface area contributed by atoms with E-state index in [4.69, 9.17) is 14.6 Å². The van der Waals surface area contributed by atoms with Crippen LogP contribution in [-0.4, -0.2) is 35.9 Å². The molecule has 0 radical (unpaired) electrons. The maximum Gasteiger partial charge on any atom is 0.303 e. The summed E-state index contributed by atoms with van der Waals surface area (Å²) in [4.78, 5) is 21.3. The van der Waals surface area contributed by atoms with Gasteiger partial charge >= 0.3 is 11.9 Å². The molecule has 0 aromatic carbocycles. The van der Waals surface area contributed by atoms with Crippen molar-refractivity contribution in [2.45, 2.75) is 39.4 Å². The third-order valence-electron chi connectivity index (χ3n) is 1.61. The van der Waals surface area contributed by atoms with Crippen LogP contribution in [0.25, 0.3) is 0 Å². The van der Waals surface area contributed by atoms with Crippen LogP contribution in [0.4, 0.5) is 0 Å². The molecule has 0 aromatic rings. The monoisotopic (exact) mass is 204 g/mol. The zero-order valence-electron chi connectivity index (χ0n) is 8.65. The molecule has 2 atom stereocenters. The van der Waals surface area contributed by atoms with Gasteiger partial charge < -0.3 is 14.6 Å². The Morgan fingerprint density at radius 3 is 2.07 bits per heavy atom. The number of carbonyl (C=O) groups excluding carboxylic acids is 2. The summed E-state index contributed by atoms with van der Waals surface area (Å²) in [6.07, 6.45) is -0.862. The summed E-state index contributed by atoms with van der Waals surface area (Å²) in [7, 11) is 0. The number of aliphatic hydroxyl groups is 1. The SMILES string of the molecule is CC(=O)OC(C)C(CCO)OC(C)=O. The van der Waals surface area contributed by atoms with Crippen LogP contribution in [0.5, 0.6) is 0 Å². The summed E-state index contributed by atoms with van der Waals surface area (Å²) in [6.45, 7) is 4.04. The Kier molecular flexibility index (Phi) is 5.87. The van der Waals surface area contributed by atoms with Crippen LogP contribution in [0.15, 0.2) is 0 Å².